The normalized spacial score (nSPS) is 11.6. The number of methoxy groups -OCH3 is 2. The monoisotopic (exact) mass is 530 g/mol. The van der Waals surface area contributed by atoms with Gasteiger partial charge in [0.2, 0.25) is 0 Å². The van der Waals surface area contributed by atoms with Crippen molar-refractivity contribution in [1.82, 2.24) is 25.4 Å². The summed E-state index contributed by atoms with van der Waals surface area (Å²) in [5.74, 6) is 3.24. The van der Waals surface area contributed by atoms with Crippen LogP contribution >= 0.6 is 24.0 Å². The molecule has 0 saturated carbocycles. The number of hydrogen-bond donors (Lipinski definition) is 2. The van der Waals surface area contributed by atoms with E-state index in [-0.39, 0.29) is 29.4 Å². The molecule has 0 spiro atoms. The first kappa shape index (κ1) is 26.0. The molecule has 1 aromatic carbocycles. The SMILES string of the molecule is CCNC(=NCC(C)(C)c1ccc(OC)c(OC)c1)NCCn1cnnc1CC.I. The first-order valence-electron chi connectivity index (χ1n) is 10.1. The van der Waals surface area contributed by atoms with Gasteiger partial charge in [-0.1, -0.05) is 26.8 Å². The van der Waals surface area contributed by atoms with Gasteiger partial charge in [0, 0.05) is 31.5 Å². The fourth-order valence-electron chi connectivity index (χ4n) is 3.00. The molecule has 2 rings (SSSR count). The Morgan fingerprint density at radius 2 is 1.87 bits per heavy atom. The molecule has 0 aliphatic rings. The van der Waals surface area contributed by atoms with E-state index >= 15 is 0 Å². The van der Waals surface area contributed by atoms with Crippen molar-refractivity contribution in [1.29, 1.82) is 0 Å². The lowest BCUT2D eigenvalue weighted by molar-refractivity contribution is 0.353. The molecule has 0 fully saturated rings. The average molecular weight is 530 g/mol. The number of aliphatic imine (C=N–C) groups is 1. The standard InChI is InChI=1S/C21H34N6O2.HI/c1-7-19-26-25-15-27(19)12-11-23-20(22-8-2)24-14-21(3,4)16-9-10-17(28-5)18(13-16)29-6;/h9-10,13,15H,7-8,11-12,14H2,1-6H3,(H2,22,23,24);1H. The van der Waals surface area contributed by atoms with Crippen LogP contribution in [-0.2, 0) is 18.4 Å². The Morgan fingerprint density at radius 1 is 1.13 bits per heavy atom. The molecule has 8 nitrogen and oxygen atoms in total. The quantitative estimate of drug-likeness (QED) is 0.279. The number of rotatable bonds is 10. The second-order valence-corrected chi connectivity index (χ2v) is 7.37. The largest absolute Gasteiger partial charge is 0.493 e. The van der Waals surface area contributed by atoms with Gasteiger partial charge in [0.25, 0.3) is 0 Å². The van der Waals surface area contributed by atoms with Crippen LogP contribution in [0.2, 0.25) is 0 Å². The molecular weight excluding hydrogens is 495 g/mol. The number of aryl methyl sites for hydroxylation is 1. The van der Waals surface area contributed by atoms with Crippen molar-refractivity contribution in [3.63, 3.8) is 0 Å². The Bertz CT molecular complexity index is 807. The summed E-state index contributed by atoms with van der Waals surface area (Å²) in [6, 6.07) is 6.02. The van der Waals surface area contributed by atoms with Gasteiger partial charge in [0.05, 0.1) is 20.8 Å². The van der Waals surface area contributed by atoms with Gasteiger partial charge in [-0.25, -0.2) is 0 Å². The van der Waals surface area contributed by atoms with Gasteiger partial charge in [0.1, 0.15) is 12.2 Å². The second kappa shape index (κ2) is 12.6. The fraction of sp³-hybridized carbons (Fsp3) is 0.571. The molecule has 2 aromatic rings. The minimum Gasteiger partial charge on any atom is -0.493 e. The molecule has 0 amide bonds. The summed E-state index contributed by atoms with van der Waals surface area (Å²) in [5.41, 5.74) is 0.984. The maximum Gasteiger partial charge on any atom is 0.191 e. The highest BCUT2D eigenvalue weighted by Crippen LogP contribution is 2.33. The lowest BCUT2D eigenvalue weighted by Crippen LogP contribution is -2.40. The molecule has 0 radical (unpaired) electrons. The predicted molar refractivity (Wildman–Crippen MR) is 131 cm³/mol. The number of aromatic nitrogens is 3. The van der Waals surface area contributed by atoms with Gasteiger partial charge in [0.15, 0.2) is 17.5 Å². The van der Waals surface area contributed by atoms with Gasteiger partial charge in [-0.2, -0.15) is 0 Å². The van der Waals surface area contributed by atoms with Crippen LogP contribution in [0.4, 0.5) is 0 Å². The summed E-state index contributed by atoms with van der Waals surface area (Å²) in [6.45, 7) is 11.5. The summed E-state index contributed by atoms with van der Waals surface area (Å²) in [6.07, 6.45) is 2.64. The van der Waals surface area contributed by atoms with Crippen molar-refractivity contribution in [3.05, 3.63) is 35.9 Å². The summed E-state index contributed by atoms with van der Waals surface area (Å²) in [7, 11) is 3.30. The van der Waals surface area contributed by atoms with Crippen LogP contribution in [0, 0.1) is 0 Å². The van der Waals surface area contributed by atoms with Crippen molar-refractivity contribution in [2.75, 3.05) is 33.9 Å². The molecule has 30 heavy (non-hydrogen) atoms. The topological polar surface area (TPSA) is 85.6 Å². The zero-order valence-electron chi connectivity index (χ0n) is 18.9. The van der Waals surface area contributed by atoms with E-state index in [0.717, 1.165) is 54.9 Å². The number of halogens is 1. The van der Waals surface area contributed by atoms with Crippen LogP contribution < -0.4 is 20.1 Å². The Balaban J connectivity index is 0.00000450. The number of benzene rings is 1. The molecule has 0 aliphatic heterocycles. The Kier molecular flexibility index (Phi) is 10.9. The Labute approximate surface area is 196 Å². The van der Waals surface area contributed by atoms with E-state index in [9.17, 15) is 0 Å². The zero-order valence-corrected chi connectivity index (χ0v) is 21.2. The molecule has 9 heteroatoms. The minimum absolute atomic E-state index is 0. The third-order valence-corrected chi connectivity index (χ3v) is 4.80. The lowest BCUT2D eigenvalue weighted by Gasteiger charge is -2.25. The highest BCUT2D eigenvalue weighted by Gasteiger charge is 2.22. The van der Waals surface area contributed by atoms with E-state index in [0.29, 0.717) is 6.54 Å². The summed E-state index contributed by atoms with van der Waals surface area (Å²) >= 11 is 0. The molecule has 1 aromatic heterocycles. The van der Waals surface area contributed by atoms with Gasteiger partial charge in [-0.15, -0.1) is 34.2 Å². The number of ether oxygens (including phenoxy) is 2. The van der Waals surface area contributed by atoms with E-state index in [1.165, 1.54) is 0 Å². The van der Waals surface area contributed by atoms with Gasteiger partial charge >= 0.3 is 0 Å². The second-order valence-electron chi connectivity index (χ2n) is 7.37. The average Bonchev–Trinajstić information content (AvgIpc) is 3.19. The Hall–Kier alpha value is -2.04. The first-order chi connectivity index (χ1) is 13.9. The van der Waals surface area contributed by atoms with E-state index in [1.807, 2.05) is 12.1 Å². The number of guanidine groups is 1. The van der Waals surface area contributed by atoms with Crippen LogP contribution in [0.1, 0.15) is 39.1 Å². The molecule has 2 N–H and O–H groups in total. The van der Waals surface area contributed by atoms with E-state index in [4.69, 9.17) is 14.5 Å². The number of hydrogen-bond acceptors (Lipinski definition) is 5. The molecule has 0 unspecified atom stereocenters. The fourth-order valence-corrected chi connectivity index (χ4v) is 3.00. The first-order valence-corrected chi connectivity index (χ1v) is 10.1. The Morgan fingerprint density at radius 3 is 2.50 bits per heavy atom. The maximum atomic E-state index is 5.45. The van der Waals surface area contributed by atoms with Crippen molar-refractivity contribution in [2.45, 2.75) is 46.1 Å². The molecule has 0 atom stereocenters. The molecule has 168 valence electrons. The summed E-state index contributed by atoms with van der Waals surface area (Å²) < 4.78 is 12.8. The third kappa shape index (κ3) is 7.03. The highest BCUT2D eigenvalue weighted by atomic mass is 127. The molecule has 1 heterocycles. The maximum absolute atomic E-state index is 5.45. The van der Waals surface area contributed by atoms with Crippen molar-refractivity contribution in [2.24, 2.45) is 4.99 Å². The van der Waals surface area contributed by atoms with Crippen LogP contribution in [0.25, 0.3) is 0 Å². The minimum atomic E-state index is -0.161. The van der Waals surface area contributed by atoms with Crippen LogP contribution in [-0.4, -0.2) is 54.6 Å². The smallest absolute Gasteiger partial charge is 0.191 e. The van der Waals surface area contributed by atoms with Gasteiger partial charge < -0.3 is 24.7 Å². The molecule has 0 bridgehead atoms. The van der Waals surface area contributed by atoms with Crippen LogP contribution in [0.5, 0.6) is 11.5 Å². The van der Waals surface area contributed by atoms with Crippen molar-refractivity contribution >= 4 is 29.9 Å². The number of nitrogens with one attached hydrogen (secondary N) is 2. The van der Waals surface area contributed by atoms with Crippen molar-refractivity contribution in [3.8, 4) is 11.5 Å². The third-order valence-electron chi connectivity index (χ3n) is 4.80. The van der Waals surface area contributed by atoms with Gasteiger partial charge in [-0.3, -0.25) is 4.99 Å². The number of nitrogens with zero attached hydrogens (tertiary/aromatic N) is 4. The molecular formula is C21H35IN6O2. The van der Waals surface area contributed by atoms with Crippen LogP contribution in [0.15, 0.2) is 29.5 Å². The summed E-state index contributed by atoms with van der Waals surface area (Å²) in [5, 5.41) is 14.8. The lowest BCUT2D eigenvalue weighted by atomic mass is 9.84. The van der Waals surface area contributed by atoms with E-state index < -0.39 is 0 Å². The van der Waals surface area contributed by atoms with Gasteiger partial charge in [-0.05, 0) is 24.6 Å². The molecule has 0 aliphatic carbocycles. The van der Waals surface area contributed by atoms with Crippen molar-refractivity contribution < 1.29 is 9.47 Å². The van der Waals surface area contributed by atoms with Crippen LogP contribution in [0.3, 0.4) is 0 Å². The zero-order chi connectivity index (χ0) is 21.3. The summed E-state index contributed by atoms with van der Waals surface area (Å²) in [4.78, 5) is 4.80. The predicted octanol–water partition coefficient (Wildman–Crippen LogP) is 3.01. The van der Waals surface area contributed by atoms with E-state index in [2.05, 4.69) is 59.2 Å². The highest BCUT2D eigenvalue weighted by molar-refractivity contribution is 14.0. The molecule has 0 saturated heterocycles. The van der Waals surface area contributed by atoms with E-state index in [1.54, 1.807) is 20.5 Å².